The lowest BCUT2D eigenvalue weighted by Gasteiger charge is -2.30. The van der Waals surface area contributed by atoms with Gasteiger partial charge < -0.3 is 10.1 Å². The summed E-state index contributed by atoms with van der Waals surface area (Å²) in [5.74, 6) is 0.0986. The second-order valence-electron chi connectivity index (χ2n) is 5.99. The van der Waals surface area contributed by atoms with Crippen LogP contribution in [0.3, 0.4) is 0 Å². The molecule has 0 radical (unpaired) electrons. The van der Waals surface area contributed by atoms with Crippen molar-refractivity contribution in [2.24, 2.45) is 5.92 Å². The molecule has 0 spiro atoms. The molecule has 2 aliphatic carbocycles. The van der Waals surface area contributed by atoms with Crippen LogP contribution in [0.2, 0.25) is 4.34 Å². The molecule has 0 aromatic carbocycles. The van der Waals surface area contributed by atoms with Crippen molar-refractivity contribution < 1.29 is 9.53 Å². The first-order valence-corrected chi connectivity index (χ1v) is 9.07. The number of hydrogen-bond acceptors (Lipinski definition) is 4. The number of nitrogens with one attached hydrogen (secondary N) is 1. The van der Waals surface area contributed by atoms with Gasteiger partial charge in [0.1, 0.15) is 0 Å². The number of ether oxygens (including phenoxy) is 1. The summed E-state index contributed by atoms with van der Waals surface area (Å²) in [6.45, 7) is 2.36. The van der Waals surface area contributed by atoms with Crippen molar-refractivity contribution in [3.05, 3.63) is 20.8 Å². The van der Waals surface area contributed by atoms with Gasteiger partial charge in [-0.05, 0) is 57.1 Å². The van der Waals surface area contributed by atoms with E-state index in [0.717, 1.165) is 36.4 Å². The van der Waals surface area contributed by atoms with Crippen LogP contribution in [0.4, 0.5) is 0 Å². The highest BCUT2D eigenvalue weighted by atomic mass is 35.5. The van der Waals surface area contributed by atoms with Gasteiger partial charge >= 0.3 is 5.97 Å². The molecule has 3 rings (SSSR count). The predicted molar refractivity (Wildman–Crippen MR) is 85.9 cm³/mol. The lowest BCUT2D eigenvalue weighted by Crippen LogP contribution is -2.37. The average molecular weight is 328 g/mol. The maximum atomic E-state index is 11.8. The Morgan fingerprint density at radius 1 is 1.38 bits per heavy atom. The number of esters is 1. The van der Waals surface area contributed by atoms with E-state index in [9.17, 15) is 4.79 Å². The van der Waals surface area contributed by atoms with Gasteiger partial charge in [0.25, 0.3) is 0 Å². The minimum atomic E-state index is -0.0104. The summed E-state index contributed by atoms with van der Waals surface area (Å²) in [6.07, 6.45) is 6.33. The molecule has 3 nitrogen and oxygen atoms in total. The van der Waals surface area contributed by atoms with Crippen LogP contribution in [-0.2, 0) is 16.0 Å². The molecule has 0 saturated heterocycles. The first-order chi connectivity index (χ1) is 10.2. The summed E-state index contributed by atoms with van der Waals surface area (Å²) in [5.41, 5.74) is 1.40. The molecule has 1 saturated carbocycles. The SMILES string of the molecule is CCOC(=O)C1CCC(NC2CCc3sc(Cl)cc32)CC1. The van der Waals surface area contributed by atoms with E-state index in [1.807, 2.05) is 6.92 Å². The number of thiophene rings is 1. The molecule has 2 aliphatic rings. The standard InChI is InChI=1S/C16H22ClNO2S/c1-2-20-16(19)10-3-5-11(6-4-10)18-13-7-8-14-12(13)9-15(17)21-14/h9-11,13,18H,2-8H2,1H3. The second-order valence-corrected chi connectivity index (χ2v) is 7.76. The van der Waals surface area contributed by atoms with Crippen LogP contribution in [0.15, 0.2) is 6.07 Å². The Kier molecular flexibility index (Phi) is 4.87. The van der Waals surface area contributed by atoms with Crippen LogP contribution < -0.4 is 5.32 Å². The van der Waals surface area contributed by atoms with Crippen molar-refractivity contribution in [1.82, 2.24) is 5.32 Å². The quantitative estimate of drug-likeness (QED) is 0.846. The van der Waals surface area contributed by atoms with Crippen LogP contribution >= 0.6 is 22.9 Å². The van der Waals surface area contributed by atoms with E-state index in [0.29, 0.717) is 18.7 Å². The Morgan fingerprint density at radius 3 is 2.86 bits per heavy atom. The number of hydrogen-bond donors (Lipinski definition) is 1. The third-order valence-electron chi connectivity index (χ3n) is 4.63. The van der Waals surface area contributed by atoms with Gasteiger partial charge in [-0.15, -0.1) is 11.3 Å². The molecule has 1 aromatic heterocycles. The van der Waals surface area contributed by atoms with Crippen molar-refractivity contribution in [2.75, 3.05) is 6.61 Å². The summed E-state index contributed by atoms with van der Waals surface area (Å²) >= 11 is 7.83. The van der Waals surface area contributed by atoms with E-state index in [1.165, 1.54) is 16.9 Å². The Balaban J connectivity index is 1.51. The Morgan fingerprint density at radius 2 is 2.14 bits per heavy atom. The Labute approximate surface area is 135 Å². The van der Waals surface area contributed by atoms with E-state index >= 15 is 0 Å². The third kappa shape index (κ3) is 3.43. The van der Waals surface area contributed by atoms with Gasteiger partial charge in [0.05, 0.1) is 16.9 Å². The highest BCUT2D eigenvalue weighted by Crippen LogP contribution is 2.40. The van der Waals surface area contributed by atoms with Gasteiger partial charge in [-0.25, -0.2) is 0 Å². The van der Waals surface area contributed by atoms with Gasteiger partial charge in [0.2, 0.25) is 0 Å². The lowest BCUT2D eigenvalue weighted by atomic mass is 9.85. The minimum Gasteiger partial charge on any atom is -0.466 e. The maximum Gasteiger partial charge on any atom is 0.308 e. The molecule has 1 fully saturated rings. The number of carbonyl (C=O) groups excluding carboxylic acids is 1. The van der Waals surface area contributed by atoms with Crippen LogP contribution in [0.1, 0.15) is 55.5 Å². The van der Waals surface area contributed by atoms with Crippen LogP contribution in [0, 0.1) is 5.92 Å². The molecule has 116 valence electrons. The molecule has 1 unspecified atom stereocenters. The molecule has 1 atom stereocenters. The largest absolute Gasteiger partial charge is 0.466 e. The minimum absolute atomic E-state index is 0.0104. The van der Waals surface area contributed by atoms with Crippen LogP contribution in [0.5, 0.6) is 0 Å². The molecule has 5 heteroatoms. The molecule has 0 aliphatic heterocycles. The molecule has 0 bridgehead atoms. The van der Waals surface area contributed by atoms with Crippen LogP contribution in [0.25, 0.3) is 0 Å². The summed E-state index contributed by atoms with van der Waals surface area (Å²) in [7, 11) is 0. The molecule has 1 N–H and O–H groups in total. The average Bonchev–Trinajstić information content (AvgIpc) is 3.00. The van der Waals surface area contributed by atoms with Gasteiger partial charge in [-0.3, -0.25) is 4.79 Å². The predicted octanol–water partition coefficient (Wildman–Crippen LogP) is 4.10. The molecule has 1 heterocycles. The zero-order valence-electron chi connectivity index (χ0n) is 12.4. The van der Waals surface area contributed by atoms with Crippen molar-refractivity contribution in [2.45, 2.75) is 57.5 Å². The topological polar surface area (TPSA) is 38.3 Å². The number of rotatable bonds is 4. The maximum absolute atomic E-state index is 11.8. The normalized spacial score (nSPS) is 28.4. The summed E-state index contributed by atoms with van der Waals surface area (Å²) in [4.78, 5) is 13.2. The molecular weight excluding hydrogens is 306 g/mol. The summed E-state index contributed by atoms with van der Waals surface area (Å²) in [6, 6.07) is 3.09. The number of aryl methyl sites for hydroxylation is 1. The molecule has 1 aromatic rings. The number of halogens is 1. The molecule has 21 heavy (non-hydrogen) atoms. The van der Waals surface area contributed by atoms with E-state index in [1.54, 1.807) is 11.3 Å². The van der Waals surface area contributed by atoms with Crippen molar-refractivity contribution in [3.63, 3.8) is 0 Å². The fourth-order valence-electron chi connectivity index (χ4n) is 3.54. The Bertz CT molecular complexity index is 508. The second kappa shape index (κ2) is 6.67. The highest BCUT2D eigenvalue weighted by molar-refractivity contribution is 7.16. The first kappa shape index (κ1) is 15.3. The monoisotopic (exact) mass is 327 g/mol. The zero-order valence-corrected chi connectivity index (χ0v) is 13.9. The summed E-state index contributed by atoms with van der Waals surface area (Å²) < 4.78 is 6.03. The zero-order chi connectivity index (χ0) is 14.8. The van der Waals surface area contributed by atoms with Gasteiger partial charge in [0, 0.05) is 17.0 Å². The van der Waals surface area contributed by atoms with Gasteiger partial charge in [0.15, 0.2) is 0 Å². The number of fused-ring (bicyclic) bond motifs is 1. The molecule has 0 amide bonds. The van der Waals surface area contributed by atoms with Gasteiger partial charge in [-0.1, -0.05) is 11.6 Å². The fourth-order valence-corrected chi connectivity index (χ4v) is 4.90. The Hall–Kier alpha value is -0.580. The molecular formula is C16H22ClNO2S. The fraction of sp³-hybridized carbons (Fsp3) is 0.688. The highest BCUT2D eigenvalue weighted by Gasteiger charge is 2.31. The van der Waals surface area contributed by atoms with Crippen molar-refractivity contribution >= 4 is 28.9 Å². The smallest absolute Gasteiger partial charge is 0.308 e. The third-order valence-corrected chi connectivity index (χ3v) is 5.97. The lowest BCUT2D eigenvalue weighted by molar-refractivity contribution is -0.149. The van der Waals surface area contributed by atoms with E-state index in [4.69, 9.17) is 16.3 Å². The van der Waals surface area contributed by atoms with E-state index < -0.39 is 0 Å². The summed E-state index contributed by atoms with van der Waals surface area (Å²) in [5, 5.41) is 3.77. The van der Waals surface area contributed by atoms with E-state index in [2.05, 4.69) is 11.4 Å². The van der Waals surface area contributed by atoms with Crippen molar-refractivity contribution in [1.29, 1.82) is 0 Å². The number of carbonyl (C=O) groups is 1. The van der Waals surface area contributed by atoms with Crippen molar-refractivity contribution in [3.8, 4) is 0 Å². The van der Waals surface area contributed by atoms with Crippen LogP contribution in [-0.4, -0.2) is 18.6 Å². The van der Waals surface area contributed by atoms with Gasteiger partial charge in [-0.2, -0.15) is 0 Å². The van der Waals surface area contributed by atoms with E-state index in [-0.39, 0.29) is 11.9 Å². The first-order valence-electron chi connectivity index (χ1n) is 7.88.